The zero-order valence-corrected chi connectivity index (χ0v) is 8.59. The van der Waals surface area contributed by atoms with Crippen LogP contribution in [0, 0.1) is 5.92 Å². The van der Waals surface area contributed by atoms with Gasteiger partial charge in [0.05, 0.1) is 6.10 Å². The summed E-state index contributed by atoms with van der Waals surface area (Å²) >= 11 is 0. The molecule has 1 N–H and O–H groups in total. The van der Waals surface area contributed by atoms with Crippen molar-refractivity contribution in [3.8, 4) is 0 Å². The summed E-state index contributed by atoms with van der Waals surface area (Å²) in [5.41, 5.74) is 0. The third-order valence-electron chi connectivity index (χ3n) is 3.35. The fraction of sp³-hybridized carbons (Fsp3) is 1.00. The lowest BCUT2D eigenvalue weighted by atomic mass is 10.1. The largest absolute Gasteiger partial charge is 0.377 e. The molecule has 1 aliphatic heterocycles. The van der Waals surface area contributed by atoms with Crippen molar-refractivity contribution in [2.45, 2.75) is 51.2 Å². The smallest absolute Gasteiger partial charge is 0.0700 e. The lowest BCUT2D eigenvalue weighted by Gasteiger charge is -2.15. The highest BCUT2D eigenvalue weighted by atomic mass is 16.5. The van der Waals surface area contributed by atoms with E-state index in [4.69, 9.17) is 4.74 Å². The quantitative estimate of drug-likeness (QED) is 0.722. The lowest BCUT2D eigenvalue weighted by molar-refractivity contribution is 0.107. The summed E-state index contributed by atoms with van der Waals surface area (Å²) in [6.45, 7) is 4.42. The first-order valence-electron chi connectivity index (χ1n) is 5.69. The molecule has 1 saturated carbocycles. The first kappa shape index (κ1) is 9.47. The molecule has 2 fully saturated rings. The maximum Gasteiger partial charge on any atom is 0.0700 e. The molecule has 1 aliphatic carbocycles. The first-order chi connectivity index (χ1) is 6.34. The molecule has 3 atom stereocenters. The predicted octanol–water partition coefficient (Wildman–Crippen LogP) is 1.94. The van der Waals surface area contributed by atoms with Crippen molar-refractivity contribution in [2.75, 3.05) is 13.2 Å². The maximum absolute atomic E-state index is 5.58. The van der Waals surface area contributed by atoms with E-state index in [1.807, 2.05) is 0 Å². The van der Waals surface area contributed by atoms with Gasteiger partial charge in [-0.25, -0.2) is 0 Å². The fourth-order valence-corrected chi connectivity index (χ4v) is 2.50. The van der Waals surface area contributed by atoms with Gasteiger partial charge in [0, 0.05) is 19.2 Å². The van der Waals surface area contributed by atoms with Gasteiger partial charge in [0.1, 0.15) is 0 Å². The molecule has 0 radical (unpaired) electrons. The van der Waals surface area contributed by atoms with Gasteiger partial charge in [-0.1, -0.05) is 6.92 Å². The third-order valence-corrected chi connectivity index (χ3v) is 3.35. The number of rotatable bonds is 3. The Labute approximate surface area is 81.0 Å². The van der Waals surface area contributed by atoms with Gasteiger partial charge in [-0.05, 0) is 38.0 Å². The van der Waals surface area contributed by atoms with Crippen molar-refractivity contribution < 1.29 is 4.74 Å². The van der Waals surface area contributed by atoms with Crippen LogP contribution in [-0.2, 0) is 4.74 Å². The zero-order valence-electron chi connectivity index (χ0n) is 8.59. The van der Waals surface area contributed by atoms with Crippen LogP contribution in [0.5, 0.6) is 0 Å². The van der Waals surface area contributed by atoms with Gasteiger partial charge in [-0.15, -0.1) is 0 Å². The highest BCUT2D eigenvalue weighted by Crippen LogP contribution is 2.24. The molecule has 2 aliphatic rings. The first-order valence-corrected chi connectivity index (χ1v) is 5.69. The predicted molar refractivity (Wildman–Crippen MR) is 53.8 cm³/mol. The van der Waals surface area contributed by atoms with Crippen LogP contribution < -0.4 is 5.32 Å². The summed E-state index contributed by atoms with van der Waals surface area (Å²) < 4.78 is 5.58. The van der Waals surface area contributed by atoms with Gasteiger partial charge in [-0.3, -0.25) is 0 Å². The van der Waals surface area contributed by atoms with Crippen molar-refractivity contribution in [1.29, 1.82) is 0 Å². The normalized spacial score (nSPS) is 39.9. The Morgan fingerprint density at radius 2 is 2.23 bits per heavy atom. The molecular formula is C11H21NO. The molecule has 0 aromatic heterocycles. The van der Waals surface area contributed by atoms with Crippen LogP contribution >= 0.6 is 0 Å². The summed E-state index contributed by atoms with van der Waals surface area (Å²) in [6.07, 6.45) is 7.17. The minimum atomic E-state index is 0.510. The van der Waals surface area contributed by atoms with Crippen LogP contribution in [0.25, 0.3) is 0 Å². The maximum atomic E-state index is 5.58. The van der Waals surface area contributed by atoms with Crippen molar-refractivity contribution in [1.82, 2.24) is 5.32 Å². The molecule has 13 heavy (non-hydrogen) atoms. The second kappa shape index (κ2) is 4.43. The van der Waals surface area contributed by atoms with E-state index >= 15 is 0 Å². The summed E-state index contributed by atoms with van der Waals surface area (Å²) in [5, 5.41) is 3.63. The molecule has 0 spiro atoms. The van der Waals surface area contributed by atoms with E-state index in [2.05, 4.69) is 12.2 Å². The van der Waals surface area contributed by atoms with Crippen LogP contribution in [0.1, 0.15) is 39.0 Å². The Morgan fingerprint density at radius 3 is 2.85 bits per heavy atom. The van der Waals surface area contributed by atoms with Crippen molar-refractivity contribution in [3.05, 3.63) is 0 Å². The molecule has 2 nitrogen and oxygen atoms in total. The zero-order chi connectivity index (χ0) is 9.10. The van der Waals surface area contributed by atoms with Crippen molar-refractivity contribution in [2.24, 2.45) is 5.92 Å². The molecule has 76 valence electrons. The second-order valence-corrected chi connectivity index (χ2v) is 4.66. The Balaban J connectivity index is 1.62. The molecule has 1 saturated heterocycles. The number of nitrogens with one attached hydrogen (secondary N) is 1. The average Bonchev–Trinajstić information content (AvgIpc) is 2.71. The third kappa shape index (κ3) is 2.68. The molecule has 2 heteroatoms. The molecule has 2 rings (SSSR count). The Kier molecular flexibility index (Phi) is 3.23. The Bertz CT molecular complexity index is 154. The van der Waals surface area contributed by atoms with E-state index in [-0.39, 0.29) is 0 Å². The monoisotopic (exact) mass is 183 g/mol. The van der Waals surface area contributed by atoms with Crippen LogP contribution in [0.3, 0.4) is 0 Å². The van der Waals surface area contributed by atoms with Crippen LogP contribution in [0.2, 0.25) is 0 Å². The molecular weight excluding hydrogens is 162 g/mol. The van der Waals surface area contributed by atoms with Gasteiger partial charge in [-0.2, -0.15) is 0 Å². The lowest BCUT2D eigenvalue weighted by Crippen LogP contribution is -2.33. The summed E-state index contributed by atoms with van der Waals surface area (Å²) in [5.74, 6) is 0.932. The highest BCUT2D eigenvalue weighted by Gasteiger charge is 2.22. The minimum Gasteiger partial charge on any atom is -0.377 e. The number of ether oxygens (including phenoxy) is 1. The molecule has 0 unspecified atom stereocenters. The Hall–Kier alpha value is -0.0800. The van der Waals surface area contributed by atoms with Gasteiger partial charge >= 0.3 is 0 Å². The topological polar surface area (TPSA) is 21.3 Å². The molecule has 0 aromatic carbocycles. The van der Waals surface area contributed by atoms with Gasteiger partial charge in [0.2, 0.25) is 0 Å². The van der Waals surface area contributed by atoms with Crippen molar-refractivity contribution in [3.63, 3.8) is 0 Å². The Morgan fingerprint density at radius 1 is 1.31 bits per heavy atom. The van der Waals surface area contributed by atoms with Crippen LogP contribution in [-0.4, -0.2) is 25.3 Å². The van der Waals surface area contributed by atoms with E-state index in [9.17, 15) is 0 Å². The van der Waals surface area contributed by atoms with Gasteiger partial charge in [0.25, 0.3) is 0 Å². The summed E-state index contributed by atoms with van der Waals surface area (Å²) in [4.78, 5) is 0. The van der Waals surface area contributed by atoms with Crippen LogP contribution in [0.4, 0.5) is 0 Å². The van der Waals surface area contributed by atoms with E-state index in [0.717, 1.165) is 25.1 Å². The van der Waals surface area contributed by atoms with Gasteiger partial charge < -0.3 is 10.1 Å². The minimum absolute atomic E-state index is 0.510. The molecule has 0 bridgehead atoms. The van der Waals surface area contributed by atoms with Crippen LogP contribution in [0.15, 0.2) is 0 Å². The van der Waals surface area contributed by atoms with Crippen molar-refractivity contribution >= 4 is 0 Å². The molecule has 1 heterocycles. The average molecular weight is 183 g/mol. The number of hydrogen-bond donors (Lipinski definition) is 1. The van der Waals surface area contributed by atoms with E-state index in [1.165, 1.54) is 32.1 Å². The SMILES string of the molecule is C[C@@H]1CC[C@H](NC[C@@H]2CCCO2)C1. The molecule has 0 aromatic rings. The summed E-state index contributed by atoms with van der Waals surface area (Å²) in [6, 6.07) is 0.777. The number of hydrogen-bond acceptors (Lipinski definition) is 2. The summed E-state index contributed by atoms with van der Waals surface area (Å²) in [7, 11) is 0. The highest BCUT2D eigenvalue weighted by molar-refractivity contribution is 4.80. The second-order valence-electron chi connectivity index (χ2n) is 4.66. The fourth-order valence-electron chi connectivity index (χ4n) is 2.50. The standard InChI is InChI=1S/C11H21NO/c1-9-4-5-10(7-9)12-8-11-3-2-6-13-11/h9-12H,2-8H2,1H3/t9-,10+,11+/m1/s1. The molecule has 0 amide bonds. The van der Waals surface area contributed by atoms with E-state index < -0.39 is 0 Å². The van der Waals surface area contributed by atoms with Gasteiger partial charge in [0.15, 0.2) is 0 Å². The van der Waals surface area contributed by atoms with E-state index in [0.29, 0.717) is 6.10 Å². The van der Waals surface area contributed by atoms with E-state index in [1.54, 1.807) is 0 Å².